The van der Waals surface area contributed by atoms with Gasteiger partial charge in [-0.3, -0.25) is 4.79 Å². The highest BCUT2D eigenvalue weighted by atomic mass is 16.5. The second kappa shape index (κ2) is 4.96. The Balaban J connectivity index is 2.64. The number of ether oxygens (including phenoxy) is 1. The molecule has 1 aromatic heterocycles. The average Bonchev–Trinajstić information content (AvgIpc) is 2.36. The van der Waals surface area contributed by atoms with E-state index in [0.29, 0.717) is 5.82 Å². The third-order valence-electron chi connectivity index (χ3n) is 2.85. The minimum atomic E-state index is -0.214. The summed E-state index contributed by atoms with van der Waals surface area (Å²) in [5, 5.41) is 0. The molecule has 0 aliphatic rings. The maximum Gasteiger partial charge on any atom is 0.250 e. The highest BCUT2D eigenvalue weighted by Crippen LogP contribution is 2.30. The SMILES string of the molecule is CCc1ccc(OC)c(-c2cc(N)[nH]c(=O)c2)c1. The molecule has 4 nitrogen and oxygen atoms in total. The summed E-state index contributed by atoms with van der Waals surface area (Å²) in [5.74, 6) is 1.08. The number of H-pyrrole nitrogens is 1. The first kappa shape index (κ1) is 12.2. The second-order valence-electron chi connectivity index (χ2n) is 4.08. The number of nitrogen functional groups attached to an aromatic ring is 1. The van der Waals surface area contributed by atoms with Gasteiger partial charge in [-0.1, -0.05) is 13.0 Å². The van der Waals surface area contributed by atoms with Gasteiger partial charge in [0.15, 0.2) is 0 Å². The van der Waals surface area contributed by atoms with Gasteiger partial charge in [0.1, 0.15) is 11.6 Å². The van der Waals surface area contributed by atoms with E-state index in [1.54, 1.807) is 13.2 Å². The maximum absolute atomic E-state index is 11.5. The van der Waals surface area contributed by atoms with E-state index in [0.717, 1.165) is 23.3 Å². The zero-order valence-corrected chi connectivity index (χ0v) is 10.5. The summed E-state index contributed by atoms with van der Waals surface area (Å²) < 4.78 is 5.33. The number of anilines is 1. The van der Waals surface area contributed by atoms with Gasteiger partial charge >= 0.3 is 0 Å². The lowest BCUT2D eigenvalue weighted by molar-refractivity contribution is 0.416. The van der Waals surface area contributed by atoms with Crippen molar-refractivity contribution < 1.29 is 4.74 Å². The van der Waals surface area contributed by atoms with Gasteiger partial charge in [-0.15, -0.1) is 0 Å². The van der Waals surface area contributed by atoms with Crippen LogP contribution in [0.3, 0.4) is 0 Å². The molecule has 4 heteroatoms. The molecule has 0 radical (unpaired) electrons. The summed E-state index contributed by atoms with van der Waals surface area (Å²) in [6.45, 7) is 2.08. The Morgan fingerprint density at radius 2 is 2.06 bits per heavy atom. The average molecular weight is 244 g/mol. The smallest absolute Gasteiger partial charge is 0.250 e. The molecule has 0 amide bonds. The number of aromatic nitrogens is 1. The number of benzene rings is 1. The molecular formula is C14H16N2O2. The number of aromatic amines is 1. The molecule has 1 aromatic carbocycles. The third kappa shape index (κ3) is 2.37. The third-order valence-corrected chi connectivity index (χ3v) is 2.85. The highest BCUT2D eigenvalue weighted by molar-refractivity contribution is 5.72. The minimum absolute atomic E-state index is 0.214. The van der Waals surface area contributed by atoms with E-state index in [1.165, 1.54) is 11.6 Å². The summed E-state index contributed by atoms with van der Waals surface area (Å²) in [4.78, 5) is 14.0. The first-order chi connectivity index (χ1) is 8.63. The van der Waals surface area contributed by atoms with E-state index in [1.807, 2.05) is 18.2 Å². The van der Waals surface area contributed by atoms with Crippen molar-refractivity contribution in [3.8, 4) is 16.9 Å². The summed E-state index contributed by atoms with van der Waals surface area (Å²) in [7, 11) is 1.61. The molecule has 1 heterocycles. The van der Waals surface area contributed by atoms with Crippen molar-refractivity contribution in [3.63, 3.8) is 0 Å². The van der Waals surface area contributed by atoms with E-state index < -0.39 is 0 Å². The fourth-order valence-electron chi connectivity index (χ4n) is 1.92. The zero-order chi connectivity index (χ0) is 13.1. The van der Waals surface area contributed by atoms with Crippen molar-refractivity contribution >= 4 is 5.82 Å². The standard InChI is InChI=1S/C14H16N2O2/c1-3-9-4-5-12(18-2)11(6-9)10-7-13(15)16-14(17)8-10/h4-8H,3H2,1-2H3,(H3,15,16,17). The Hall–Kier alpha value is -2.23. The van der Waals surface area contributed by atoms with Crippen molar-refractivity contribution in [2.75, 3.05) is 12.8 Å². The monoisotopic (exact) mass is 244 g/mol. The molecule has 94 valence electrons. The van der Waals surface area contributed by atoms with Crippen molar-refractivity contribution in [2.24, 2.45) is 0 Å². The van der Waals surface area contributed by atoms with Crippen LogP contribution >= 0.6 is 0 Å². The Labute approximate surface area is 105 Å². The van der Waals surface area contributed by atoms with Gasteiger partial charge in [-0.2, -0.15) is 0 Å². The molecule has 18 heavy (non-hydrogen) atoms. The molecule has 0 atom stereocenters. The molecule has 3 N–H and O–H groups in total. The number of pyridine rings is 1. The van der Waals surface area contributed by atoms with Crippen LogP contribution < -0.4 is 16.0 Å². The molecule has 2 rings (SSSR count). The number of nitrogens with two attached hydrogens (primary N) is 1. The quantitative estimate of drug-likeness (QED) is 0.869. The summed E-state index contributed by atoms with van der Waals surface area (Å²) in [6, 6.07) is 9.20. The van der Waals surface area contributed by atoms with Gasteiger partial charge < -0.3 is 15.5 Å². The molecule has 2 aromatic rings. The normalized spacial score (nSPS) is 10.3. The first-order valence-electron chi connectivity index (χ1n) is 5.81. The van der Waals surface area contributed by atoms with E-state index in [2.05, 4.69) is 11.9 Å². The van der Waals surface area contributed by atoms with E-state index in [-0.39, 0.29) is 5.56 Å². The van der Waals surface area contributed by atoms with Crippen LogP contribution in [0.2, 0.25) is 0 Å². The lowest BCUT2D eigenvalue weighted by Gasteiger charge is -2.10. The Kier molecular flexibility index (Phi) is 3.37. The van der Waals surface area contributed by atoms with Crippen LogP contribution in [0.1, 0.15) is 12.5 Å². The zero-order valence-electron chi connectivity index (χ0n) is 10.5. The van der Waals surface area contributed by atoms with Crippen LogP contribution in [-0.2, 0) is 6.42 Å². The number of rotatable bonds is 3. The second-order valence-corrected chi connectivity index (χ2v) is 4.08. The van der Waals surface area contributed by atoms with Crippen LogP contribution in [0.5, 0.6) is 5.75 Å². The van der Waals surface area contributed by atoms with Gasteiger partial charge in [0.25, 0.3) is 0 Å². The fraction of sp³-hybridized carbons (Fsp3) is 0.214. The lowest BCUT2D eigenvalue weighted by atomic mass is 10.0. The van der Waals surface area contributed by atoms with E-state index >= 15 is 0 Å². The van der Waals surface area contributed by atoms with Crippen LogP contribution in [0.4, 0.5) is 5.82 Å². The molecule has 0 unspecified atom stereocenters. The molecule has 0 fully saturated rings. The maximum atomic E-state index is 11.5. The van der Waals surface area contributed by atoms with Gasteiger partial charge in [0.2, 0.25) is 5.56 Å². The van der Waals surface area contributed by atoms with Crippen molar-refractivity contribution in [3.05, 3.63) is 46.2 Å². The van der Waals surface area contributed by atoms with Crippen LogP contribution in [0.15, 0.2) is 35.1 Å². The van der Waals surface area contributed by atoms with Gasteiger partial charge in [-0.05, 0) is 35.7 Å². The van der Waals surface area contributed by atoms with Crippen molar-refractivity contribution in [1.82, 2.24) is 4.98 Å². The number of methoxy groups -OCH3 is 1. The predicted octanol–water partition coefficient (Wildman–Crippen LogP) is 2.20. The Morgan fingerprint density at radius 3 is 2.67 bits per heavy atom. The first-order valence-corrected chi connectivity index (χ1v) is 5.81. The topological polar surface area (TPSA) is 68.1 Å². The van der Waals surface area contributed by atoms with E-state index in [4.69, 9.17) is 10.5 Å². The number of nitrogens with one attached hydrogen (secondary N) is 1. The van der Waals surface area contributed by atoms with Gasteiger partial charge in [0, 0.05) is 11.6 Å². The van der Waals surface area contributed by atoms with Crippen molar-refractivity contribution in [1.29, 1.82) is 0 Å². The summed E-state index contributed by atoms with van der Waals surface area (Å²) in [5.41, 5.74) is 8.28. The van der Waals surface area contributed by atoms with Crippen LogP contribution in [-0.4, -0.2) is 12.1 Å². The Morgan fingerprint density at radius 1 is 1.28 bits per heavy atom. The number of aryl methyl sites for hydroxylation is 1. The highest BCUT2D eigenvalue weighted by Gasteiger charge is 2.08. The summed E-state index contributed by atoms with van der Waals surface area (Å²) >= 11 is 0. The lowest BCUT2D eigenvalue weighted by Crippen LogP contribution is -2.07. The Bertz CT molecular complexity index is 617. The fourth-order valence-corrected chi connectivity index (χ4v) is 1.92. The van der Waals surface area contributed by atoms with E-state index in [9.17, 15) is 4.79 Å². The molecule has 0 aliphatic carbocycles. The molecule has 0 aliphatic heterocycles. The minimum Gasteiger partial charge on any atom is -0.496 e. The predicted molar refractivity (Wildman–Crippen MR) is 72.8 cm³/mol. The molecule has 0 bridgehead atoms. The largest absolute Gasteiger partial charge is 0.496 e. The van der Waals surface area contributed by atoms with Gasteiger partial charge in [0.05, 0.1) is 7.11 Å². The van der Waals surface area contributed by atoms with Gasteiger partial charge in [-0.25, -0.2) is 0 Å². The van der Waals surface area contributed by atoms with Crippen molar-refractivity contribution in [2.45, 2.75) is 13.3 Å². The van der Waals surface area contributed by atoms with Crippen LogP contribution in [0, 0.1) is 0 Å². The summed E-state index contributed by atoms with van der Waals surface area (Å²) in [6.07, 6.45) is 0.926. The molecule has 0 saturated carbocycles. The number of hydrogen-bond acceptors (Lipinski definition) is 3. The molecule has 0 spiro atoms. The number of hydrogen-bond donors (Lipinski definition) is 2. The molecule has 0 saturated heterocycles. The van der Waals surface area contributed by atoms with Crippen LogP contribution in [0.25, 0.3) is 11.1 Å². The molecular weight excluding hydrogens is 228 g/mol.